The smallest absolute Gasteiger partial charge is 0.315 e. The number of benzene rings is 1. The lowest BCUT2D eigenvalue weighted by atomic mass is 10.2. The number of nitrogens with two attached hydrogens (primary N) is 1. The Balaban J connectivity index is 3.01. The van der Waals surface area contributed by atoms with E-state index < -0.39 is 11.8 Å². The molecular weight excluding hydrogens is 276 g/mol. The van der Waals surface area contributed by atoms with E-state index in [2.05, 4.69) is 15.9 Å². The van der Waals surface area contributed by atoms with Gasteiger partial charge in [0.25, 0.3) is 0 Å². The maximum atomic E-state index is 11.3. The van der Waals surface area contributed by atoms with Crippen LogP contribution in [0.5, 0.6) is 5.75 Å². The van der Waals surface area contributed by atoms with Crippen molar-refractivity contribution in [2.24, 2.45) is 5.73 Å². The summed E-state index contributed by atoms with van der Waals surface area (Å²) in [4.78, 5) is 23.2. The van der Waals surface area contributed by atoms with Crippen molar-refractivity contribution in [3.63, 3.8) is 0 Å². The Bertz CT molecular complexity index is 434. The molecule has 0 fully saturated rings. The van der Waals surface area contributed by atoms with Crippen LogP contribution in [0.25, 0.3) is 0 Å². The molecule has 0 bridgehead atoms. The summed E-state index contributed by atoms with van der Waals surface area (Å²) in [6, 6.07) is 5.01. The van der Waals surface area contributed by atoms with Crippen molar-refractivity contribution in [3.05, 3.63) is 22.7 Å². The highest BCUT2D eigenvalue weighted by atomic mass is 79.9. The monoisotopic (exact) mass is 286 g/mol. The molecule has 1 aromatic carbocycles. The topological polar surface area (TPSA) is 72.6 Å². The summed E-state index contributed by atoms with van der Waals surface area (Å²) in [5.41, 5.74) is 5.45. The molecular formula is C10H11BrN2O3. The molecule has 0 aliphatic carbocycles. The SMILES string of the molecule is COc1ccc(N(C)C(=O)C(N)=O)cc1Br. The number of rotatable bonds is 2. The normalized spacial score (nSPS) is 9.69. The van der Waals surface area contributed by atoms with Crippen molar-refractivity contribution in [1.82, 2.24) is 0 Å². The fourth-order valence-electron chi connectivity index (χ4n) is 1.15. The van der Waals surface area contributed by atoms with Gasteiger partial charge in [-0.05, 0) is 34.1 Å². The van der Waals surface area contributed by atoms with Gasteiger partial charge in [-0.1, -0.05) is 0 Å². The lowest BCUT2D eigenvalue weighted by Gasteiger charge is -2.16. The number of carbonyl (C=O) groups excluding carboxylic acids is 2. The van der Waals surface area contributed by atoms with E-state index in [1.807, 2.05) is 0 Å². The molecule has 2 amide bonds. The lowest BCUT2D eigenvalue weighted by Crippen LogP contribution is -2.37. The molecule has 2 N–H and O–H groups in total. The van der Waals surface area contributed by atoms with Crippen molar-refractivity contribution in [2.45, 2.75) is 0 Å². The third-order valence-electron chi connectivity index (χ3n) is 2.04. The zero-order valence-electron chi connectivity index (χ0n) is 8.86. The summed E-state index contributed by atoms with van der Waals surface area (Å²) in [7, 11) is 3.01. The number of hydrogen-bond acceptors (Lipinski definition) is 3. The molecule has 0 aliphatic rings. The summed E-state index contributed by atoms with van der Waals surface area (Å²) in [6.07, 6.45) is 0. The van der Waals surface area contributed by atoms with Gasteiger partial charge in [-0.3, -0.25) is 9.59 Å². The average molecular weight is 287 g/mol. The number of amides is 2. The maximum Gasteiger partial charge on any atom is 0.315 e. The summed E-state index contributed by atoms with van der Waals surface area (Å²) < 4.78 is 5.74. The third-order valence-corrected chi connectivity index (χ3v) is 2.66. The number of halogens is 1. The van der Waals surface area contributed by atoms with Gasteiger partial charge < -0.3 is 15.4 Å². The molecule has 0 aliphatic heterocycles. The highest BCUT2D eigenvalue weighted by Crippen LogP contribution is 2.29. The summed E-state index contributed by atoms with van der Waals surface area (Å²) >= 11 is 3.28. The van der Waals surface area contributed by atoms with E-state index in [1.165, 1.54) is 19.1 Å². The van der Waals surface area contributed by atoms with E-state index in [-0.39, 0.29) is 0 Å². The van der Waals surface area contributed by atoms with E-state index in [1.54, 1.807) is 18.2 Å². The first-order valence-electron chi connectivity index (χ1n) is 4.38. The van der Waals surface area contributed by atoms with Crippen LogP contribution in [0, 0.1) is 0 Å². The predicted octanol–water partition coefficient (Wildman–Crippen LogP) is 0.906. The Hall–Kier alpha value is -1.56. The minimum absolute atomic E-state index is 0.552. The van der Waals surface area contributed by atoms with Crippen LogP contribution in [0.4, 0.5) is 5.69 Å². The first-order valence-corrected chi connectivity index (χ1v) is 5.17. The number of methoxy groups -OCH3 is 1. The van der Waals surface area contributed by atoms with Crippen LogP contribution in [0.3, 0.4) is 0 Å². The Labute approximate surface area is 101 Å². The predicted molar refractivity (Wildman–Crippen MR) is 63.3 cm³/mol. The molecule has 0 atom stereocenters. The molecule has 16 heavy (non-hydrogen) atoms. The van der Waals surface area contributed by atoms with Crippen molar-refractivity contribution in [1.29, 1.82) is 0 Å². The van der Waals surface area contributed by atoms with Crippen LogP contribution in [0.15, 0.2) is 22.7 Å². The largest absolute Gasteiger partial charge is 0.496 e. The lowest BCUT2D eigenvalue weighted by molar-refractivity contribution is -0.135. The summed E-state index contributed by atoms with van der Waals surface area (Å²) in [6.45, 7) is 0. The fourth-order valence-corrected chi connectivity index (χ4v) is 1.68. The van der Waals surface area contributed by atoms with Gasteiger partial charge in [-0.2, -0.15) is 0 Å². The first-order chi connectivity index (χ1) is 7.47. The Morgan fingerprint density at radius 3 is 2.50 bits per heavy atom. The van der Waals surface area contributed by atoms with Gasteiger partial charge in [0.15, 0.2) is 0 Å². The second-order valence-electron chi connectivity index (χ2n) is 3.05. The minimum atomic E-state index is -0.991. The van der Waals surface area contributed by atoms with E-state index in [4.69, 9.17) is 10.5 Å². The quantitative estimate of drug-likeness (QED) is 0.822. The maximum absolute atomic E-state index is 11.3. The first kappa shape index (κ1) is 12.5. The van der Waals surface area contributed by atoms with E-state index in [0.717, 1.165) is 0 Å². The van der Waals surface area contributed by atoms with Gasteiger partial charge in [-0.25, -0.2) is 0 Å². The number of hydrogen-bond donors (Lipinski definition) is 1. The van der Waals surface area contributed by atoms with Gasteiger partial charge >= 0.3 is 11.8 Å². The molecule has 0 saturated heterocycles. The fraction of sp³-hybridized carbons (Fsp3) is 0.200. The molecule has 0 radical (unpaired) electrons. The molecule has 0 aromatic heterocycles. The molecule has 6 heteroatoms. The Kier molecular flexibility index (Phi) is 3.89. The molecule has 1 aromatic rings. The number of anilines is 1. The van der Waals surface area contributed by atoms with Gasteiger partial charge in [0.1, 0.15) is 5.75 Å². The van der Waals surface area contributed by atoms with Gasteiger partial charge in [0, 0.05) is 12.7 Å². The Morgan fingerprint density at radius 2 is 2.06 bits per heavy atom. The van der Waals surface area contributed by atoms with Crippen molar-refractivity contribution < 1.29 is 14.3 Å². The van der Waals surface area contributed by atoms with Crippen LogP contribution in [0.2, 0.25) is 0 Å². The van der Waals surface area contributed by atoms with Crippen LogP contribution in [-0.2, 0) is 9.59 Å². The van der Waals surface area contributed by atoms with Gasteiger partial charge in [-0.15, -0.1) is 0 Å². The molecule has 0 spiro atoms. The minimum Gasteiger partial charge on any atom is -0.496 e. The second-order valence-corrected chi connectivity index (χ2v) is 3.90. The highest BCUT2D eigenvalue weighted by molar-refractivity contribution is 9.10. The summed E-state index contributed by atoms with van der Waals surface area (Å²) in [5.74, 6) is -1.12. The second kappa shape index (κ2) is 4.98. The van der Waals surface area contributed by atoms with Crippen molar-refractivity contribution >= 4 is 33.4 Å². The molecule has 0 heterocycles. The van der Waals surface area contributed by atoms with Crippen LogP contribution < -0.4 is 15.4 Å². The number of ether oxygens (including phenoxy) is 1. The molecule has 86 valence electrons. The van der Waals surface area contributed by atoms with E-state index in [0.29, 0.717) is 15.9 Å². The number of likely N-dealkylation sites (N-methyl/N-ethyl adjacent to an activating group) is 1. The van der Waals surface area contributed by atoms with Crippen LogP contribution in [-0.4, -0.2) is 26.0 Å². The van der Waals surface area contributed by atoms with Gasteiger partial charge in [0.05, 0.1) is 11.6 Å². The molecule has 0 unspecified atom stereocenters. The molecule has 1 rings (SSSR count). The average Bonchev–Trinajstić information content (AvgIpc) is 2.26. The van der Waals surface area contributed by atoms with E-state index in [9.17, 15) is 9.59 Å². The number of primary amides is 1. The van der Waals surface area contributed by atoms with Crippen molar-refractivity contribution in [3.8, 4) is 5.75 Å². The van der Waals surface area contributed by atoms with Crippen LogP contribution in [0.1, 0.15) is 0 Å². The summed E-state index contributed by atoms with van der Waals surface area (Å²) in [5, 5.41) is 0. The highest BCUT2D eigenvalue weighted by Gasteiger charge is 2.17. The zero-order chi connectivity index (χ0) is 12.3. The Morgan fingerprint density at radius 1 is 1.44 bits per heavy atom. The molecule has 0 saturated carbocycles. The number of nitrogens with zero attached hydrogens (tertiary/aromatic N) is 1. The van der Waals surface area contributed by atoms with Gasteiger partial charge in [0.2, 0.25) is 0 Å². The van der Waals surface area contributed by atoms with E-state index >= 15 is 0 Å². The zero-order valence-corrected chi connectivity index (χ0v) is 10.4. The van der Waals surface area contributed by atoms with Crippen molar-refractivity contribution in [2.75, 3.05) is 19.1 Å². The number of carbonyl (C=O) groups is 2. The standard InChI is InChI=1S/C10H11BrN2O3/c1-13(10(15)9(12)14)6-3-4-8(16-2)7(11)5-6/h3-5H,1-2H3,(H2,12,14). The third kappa shape index (κ3) is 2.52. The van der Waals surface area contributed by atoms with Crippen LogP contribution >= 0.6 is 15.9 Å². The molecule has 5 nitrogen and oxygen atoms in total.